The molecule has 0 saturated heterocycles. The number of hydrogen-bond donors (Lipinski definition) is 1. The molecule has 0 aliphatic rings. The molecule has 0 aliphatic carbocycles. The summed E-state index contributed by atoms with van der Waals surface area (Å²) in [5.74, 6) is 0.878. The Morgan fingerprint density at radius 2 is 2.47 bits per heavy atom. The topological polar surface area (TPSA) is 40.8 Å². The van der Waals surface area contributed by atoms with Gasteiger partial charge in [0.05, 0.1) is 12.3 Å². The Morgan fingerprint density at radius 1 is 1.65 bits per heavy atom. The van der Waals surface area contributed by atoms with Crippen molar-refractivity contribution in [3.05, 3.63) is 29.9 Å². The third-order valence-electron chi connectivity index (χ3n) is 2.75. The number of thiazole rings is 1. The Hall–Kier alpha value is -1.33. The number of fused-ring (bicyclic) bond motifs is 1. The first-order valence-electron chi connectivity index (χ1n) is 5.65. The summed E-state index contributed by atoms with van der Waals surface area (Å²) in [5, 5.41) is 11.4. The summed E-state index contributed by atoms with van der Waals surface area (Å²) < 4.78 is 1.95. The quantitative estimate of drug-likeness (QED) is 0.632. The number of anilines is 1. The molecule has 0 atom stereocenters. The molecule has 92 valence electrons. The van der Waals surface area contributed by atoms with Gasteiger partial charge in [-0.25, -0.2) is 4.98 Å². The average molecular weight is 251 g/mol. The summed E-state index contributed by atoms with van der Waals surface area (Å²) in [5.41, 5.74) is 0.863. The molecule has 1 N–H and O–H groups in total. The molecule has 5 heteroatoms. The van der Waals surface area contributed by atoms with Crippen molar-refractivity contribution in [3.63, 3.8) is 0 Å². The van der Waals surface area contributed by atoms with E-state index < -0.39 is 0 Å². The maximum absolute atomic E-state index is 9.45. The van der Waals surface area contributed by atoms with Crippen molar-refractivity contribution >= 4 is 22.1 Å². The molecule has 4 nitrogen and oxygen atoms in total. The average Bonchev–Trinajstić information content (AvgIpc) is 2.88. The standard InChI is InChI=1S/C12H17N3OS/c1-3-4-5-6-14(2)11-10(9-16)15-7-8-17-12(15)13-11/h3,7-8,16H,1,4-6,9H2,2H3. The van der Waals surface area contributed by atoms with Crippen molar-refractivity contribution < 1.29 is 5.11 Å². The van der Waals surface area contributed by atoms with E-state index in [1.165, 1.54) is 0 Å². The van der Waals surface area contributed by atoms with E-state index in [9.17, 15) is 5.11 Å². The van der Waals surface area contributed by atoms with Crippen LogP contribution < -0.4 is 4.90 Å². The predicted octanol–water partition coefficient (Wildman–Crippen LogP) is 2.29. The highest BCUT2D eigenvalue weighted by Crippen LogP contribution is 2.24. The van der Waals surface area contributed by atoms with E-state index in [2.05, 4.69) is 16.5 Å². The molecule has 0 saturated carbocycles. The normalized spacial score (nSPS) is 10.9. The Bertz CT molecular complexity index is 503. The fourth-order valence-electron chi connectivity index (χ4n) is 1.85. The maximum Gasteiger partial charge on any atom is 0.195 e. The highest BCUT2D eigenvalue weighted by molar-refractivity contribution is 7.15. The maximum atomic E-state index is 9.45. The fourth-order valence-corrected chi connectivity index (χ4v) is 2.58. The first-order chi connectivity index (χ1) is 8.27. The van der Waals surface area contributed by atoms with Gasteiger partial charge in [0, 0.05) is 25.2 Å². The lowest BCUT2D eigenvalue weighted by molar-refractivity contribution is 0.276. The lowest BCUT2D eigenvalue weighted by Gasteiger charge is -2.17. The minimum absolute atomic E-state index is 0.0129. The van der Waals surface area contributed by atoms with E-state index in [4.69, 9.17) is 0 Å². The Morgan fingerprint density at radius 3 is 3.18 bits per heavy atom. The number of imidazole rings is 1. The van der Waals surface area contributed by atoms with Crippen LogP contribution in [-0.2, 0) is 6.61 Å². The molecule has 2 heterocycles. The summed E-state index contributed by atoms with van der Waals surface area (Å²) >= 11 is 1.58. The van der Waals surface area contributed by atoms with Gasteiger partial charge in [-0.1, -0.05) is 6.08 Å². The molecule has 0 spiro atoms. The molecule has 0 aromatic carbocycles. The second kappa shape index (κ2) is 5.33. The molecule has 2 aromatic rings. The molecule has 0 fully saturated rings. The molecule has 2 rings (SSSR count). The molecule has 0 aliphatic heterocycles. The van der Waals surface area contributed by atoms with Crippen molar-refractivity contribution in [1.82, 2.24) is 9.38 Å². The number of allylic oxidation sites excluding steroid dienone is 1. The molecule has 0 bridgehead atoms. The minimum Gasteiger partial charge on any atom is -0.390 e. The van der Waals surface area contributed by atoms with Crippen LogP contribution in [0.15, 0.2) is 24.2 Å². The Balaban J connectivity index is 2.21. The monoisotopic (exact) mass is 251 g/mol. The van der Waals surface area contributed by atoms with E-state index in [1.807, 2.05) is 29.1 Å². The van der Waals surface area contributed by atoms with Crippen molar-refractivity contribution in [3.8, 4) is 0 Å². The smallest absolute Gasteiger partial charge is 0.195 e. The molecular weight excluding hydrogens is 234 g/mol. The SMILES string of the molecule is C=CCCCN(C)c1nc2sccn2c1CO. The highest BCUT2D eigenvalue weighted by atomic mass is 32.1. The second-order valence-corrected chi connectivity index (χ2v) is 4.82. The van der Waals surface area contributed by atoms with Gasteiger partial charge in [0.2, 0.25) is 0 Å². The van der Waals surface area contributed by atoms with Crippen LogP contribution in [-0.4, -0.2) is 28.1 Å². The van der Waals surface area contributed by atoms with E-state index >= 15 is 0 Å². The molecule has 0 radical (unpaired) electrons. The van der Waals surface area contributed by atoms with Crippen molar-refractivity contribution in [2.75, 3.05) is 18.5 Å². The Labute approximate surface area is 105 Å². The van der Waals surface area contributed by atoms with Crippen LogP contribution in [0.2, 0.25) is 0 Å². The molecular formula is C12H17N3OS. The zero-order valence-corrected chi connectivity index (χ0v) is 10.8. The first-order valence-corrected chi connectivity index (χ1v) is 6.53. The lowest BCUT2D eigenvalue weighted by Crippen LogP contribution is -2.20. The number of aliphatic hydroxyl groups excluding tert-OH is 1. The van der Waals surface area contributed by atoms with Gasteiger partial charge < -0.3 is 10.0 Å². The van der Waals surface area contributed by atoms with Crippen LogP contribution in [0.1, 0.15) is 18.5 Å². The summed E-state index contributed by atoms with van der Waals surface area (Å²) in [6.45, 7) is 4.65. The van der Waals surface area contributed by atoms with Crippen LogP contribution in [0.25, 0.3) is 4.96 Å². The molecule has 0 amide bonds. The van der Waals surface area contributed by atoms with Gasteiger partial charge in [-0.15, -0.1) is 17.9 Å². The molecule has 2 aromatic heterocycles. The third kappa shape index (κ3) is 2.35. The van der Waals surface area contributed by atoms with Crippen LogP contribution in [0.3, 0.4) is 0 Å². The summed E-state index contributed by atoms with van der Waals surface area (Å²) in [6.07, 6.45) is 5.92. The van der Waals surface area contributed by atoms with Gasteiger partial charge in [-0.3, -0.25) is 4.40 Å². The fraction of sp³-hybridized carbons (Fsp3) is 0.417. The third-order valence-corrected chi connectivity index (χ3v) is 3.51. The van der Waals surface area contributed by atoms with Gasteiger partial charge in [0.15, 0.2) is 10.8 Å². The van der Waals surface area contributed by atoms with Crippen LogP contribution >= 0.6 is 11.3 Å². The summed E-state index contributed by atoms with van der Waals surface area (Å²) in [4.78, 5) is 7.57. The lowest BCUT2D eigenvalue weighted by atomic mass is 10.3. The zero-order chi connectivity index (χ0) is 12.3. The van der Waals surface area contributed by atoms with Crippen molar-refractivity contribution in [1.29, 1.82) is 0 Å². The number of rotatable bonds is 6. The zero-order valence-electron chi connectivity index (χ0n) is 9.96. The van der Waals surface area contributed by atoms with Gasteiger partial charge in [-0.05, 0) is 12.8 Å². The molecule has 17 heavy (non-hydrogen) atoms. The Kier molecular flexibility index (Phi) is 3.81. The second-order valence-electron chi connectivity index (χ2n) is 3.95. The number of nitrogens with zero attached hydrogens (tertiary/aromatic N) is 3. The molecule has 0 unspecified atom stereocenters. The summed E-state index contributed by atoms with van der Waals surface area (Å²) in [7, 11) is 2.01. The van der Waals surface area contributed by atoms with E-state index in [0.717, 1.165) is 35.9 Å². The number of unbranched alkanes of at least 4 members (excludes halogenated alkanes) is 1. The van der Waals surface area contributed by atoms with E-state index in [1.54, 1.807) is 11.3 Å². The predicted molar refractivity (Wildman–Crippen MR) is 71.7 cm³/mol. The van der Waals surface area contributed by atoms with E-state index in [-0.39, 0.29) is 6.61 Å². The van der Waals surface area contributed by atoms with Crippen LogP contribution in [0.5, 0.6) is 0 Å². The first kappa shape index (κ1) is 12.1. The van der Waals surface area contributed by atoms with Crippen molar-refractivity contribution in [2.45, 2.75) is 19.4 Å². The van der Waals surface area contributed by atoms with Gasteiger partial charge >= 0.3 is 0 Å². The minimum atomic E-state index is 0.0129. The number of aliphatic hydroxyl groups is 1. The number of aromatic nitrogens is 2. The van der Waals surface area contributed by atoms with Gasteiger partial charge in [0.1, 0.15) is 0 Å². The van der Waals surface area contributed by atoms with Crippen LogP contribution in [0, 0.1) is 0 Å². The van der Waals surface area contributed by atoms with Crippen molar-refractivity contribution in [2.24, 2.45) is 0 Å². The largest absolute Gasteiger partial charge is 0.390 e. The van der Waals surface area contributed by atoms with Gasteiger partial charge in [0.25, 0.3) is 0 Å². The number of hydrogen-bond acceptors (Lipinski definition) is 4. The van der Waals surface area contributed by atoms with E-state index in [0.29, 0.717) is 0 Å². The highest BCUT2D eigenvalue weighted by Gasteiger charge is 2.15. The van der Waals surface area contributed by atoms with Gasteiger partial charge in [-0.2, -0.15) is 0 Å². The summed E-state index contributed by atoms with van der Waals surface area (Å²) in [6, 6.07) is 0. The van der Waals surface area contributed by atoms with Crippen LogP contribution in [0.4, 0.5) is 5.82 Å².